The third-order valence-corrected chi connectivity index (χ3v) is 8.98. The van der Waals surface area contributed by atoms with Crippen molar-refractivity contribution in [2.45, 2.75) is 70.5 Å². The van der Waals surface area contributed by atoms with E-state index in [0.717, 1.165) is 45.7 Å². The Morgan fingerprint density at radius 2 is 1.71 bits per heavy atom. The molecule has 2 aromatic rings. The fourth-order valence-corrected chi connectivity index (χ4v) is 7.51. The lowest BCUT2D eigenvalue weighted by Gasteiger charge is -2.55. The Bertz CT molecular complexity index is 968. The quantitative estimate of drug-likeness (QED) is 0.662. The van der Waals surface area contributed by atoms with E-state index < -0.39 is 0 Å². The second-order valence-corrected chi connectivity index (χ2v) is 10.9. The lowest BCUT2D eigenvalue weighted by Crippen LogP contribution is -2.59. The van der Waals surface area contributed by atoms with Gasteiger partial charge in [0.25, 0.3) is 0 Å². The fourth-order valence-electron chi connectivity index (χ4n) is 7.51. The van der Waals surface area contributed by atoms with Gasteiger partial charge in [-0.05, 0) is 73.8 Å². The first-order valence-electron chi connectivity index (χ1n) is 13.4. The number of piperidine rings is 1. The van der Waals surface area contributed by atoms with Crippen molar-refractivity contribution >= 4 is 5.91 Å². The van der Waals surface area contributed by atoms with E-state index in [0.29, 0.717) is 17.9 Å². The van der Waals surface area contributed by atoms with Crippen molar-refractivity contribution in [3.8, 4) is 0 Å². The summed E-state index contributed by atoms with van der Waals surface area (Å²) in [6, 6.07) is 20.5. The molecule has 2 aliphatic heterocycles. The Morgan fingerprint density at radius 1 is 0.971 bits per heavy atom. The Balaban J connectivity index is 1.47. The summed E-state index contributed by atoms with van der Waals surface area (Å²) in [7, 11) is 0. The van der Waals surface area contributed by atoms with E-state index in [4.69, 9.17) is 0 Å². The summed E-state index contributed by atoms with van der Waals surface area (Å²) in [4.78, 5) is 17.5. The summed E-state index contributed by atoms with van der Waals surface area (Å²) in [6.45, 7) is 10.6. The van der Waals surface area contributed by atoms with Crippen LogP contribution in [0.1, 0.15) is 62.6 Å². The second-order valence-electron chi connectivity index (χ2n) is 10.9. The van der Waals surface area contributed by atoms with Gasteiger partial charge in [-0.15, -0.1) is 0 Å². The molecule has 1 saturated carbocycles. The second kappa shape index (κ2) is 10.2. The first-order chi connectivity index (χ1) is 16.6. The largest absolute Gasteiger partial charge is 0.353 e. The molecule has 0 spiro atoms. The van der Waals surface area contributed by atoms with Crippen LogP contribution in [0, 0.1) is 11.8 Å². The molecule has 2 heterocycles. The molecule has 1 unspecified atom stereocenters. The lowest BCUT2D eigenvalue weighted by molar-refractivity contribution is -0.120. The van der Waals surface area contributed by atoms with E-state index in [1.165, 1.54) is 36.8 Å². The molecular formula is C30H41N3O. The molecule has 182 valence electrons. The van der Waals surface area contributed by atoms with Crippen LogP contribution in [0.2, 0.25) is 0 Å². The van der Waals surface area contributed by atoms with Gasteiger partial charge in [-0.1, -0.05) is 67.9 Å². The molecule has 0 bridgehead atoms. The molecule has 0 radical (unpaired) electrons. The van der Waals surface area contributed by atoms with Gasteiger partial charge in [0.15, 0.2) is 0 Å². The van der Waals surface area contributed by atoms with E-state index in [1.807, 2.05) is 0 Å². The van der Waals surface area contributed by atoms with Gasteiger partial charge in [-0.25, -0.2) is 0 Å². The zero-order chi connectivity index (χ0) is 23.5. The summed E-state index contributed by atoms with van der Waals surface area (Å²) in [6.07, 6.45) is 6.04. The van der Waals surface area contributed by atoms with Crippen LogP contribution in [0.25, 0.3) is 0 Å². The van der Waals surface area contributed by atoms with Crippen LogP contribution in [-0.2, 0) is 23.3 Å². The molecule has 1 aliphatic carbocycles. The lowest BCUT2D eigenvalue weighted by atomic mass is 9.56. The normalized spacial score (nSPS) is 28.5. The number of fused-ring (bicyclic) bond motifs is 1. The third kappa shape index (κ3) is 4.55. The van der Waals surface area contributed by atoms with Crippen molar-refractivity contribution in [2.24, 2.45) is 11.8 Å². The maximum Gasteiger partial charge on any atom is 0.217 e. The van der Waals surface area contributed by atoms with Gasteiger partial charge in [0.2, 0.25) is 5.91 Å². The minimum atomic E-state index is 0.118. The van der Waals surface area contributed by atoms with Gasteiger partial charge in [0, 0.05) is 38.0 Å². The average Bonchev–Trinajstić information content (AvgIpc) is 3.32. The van der Waals surface area contributed by atoms with Crippen LogP contribution in [0.15, 0.2) is 54.6 Å². The Hall–Kier alpha value is -2.17. The van der Waals surface area contributed by atoms with Crippen molar-refractivity contribution in [1.29, 1.82) is 0 Å². The van der Waals surface area contributed by atoms with Gasteiger partial charge < -0.3 is 5.32 Å². The first-order valence-corrected chi connectivity index (χ1v) is 13.4. The number of nitrogens with zero attached hydrogens (tertiary/aromatic N) is 2. The van der Waals surface area contributed by atoms with Crippen molar-refractivity contribution < 1.29 is 4.79 Å². The number of hydrogen-bond donors (Lipinski definition) is 1. The molecule has 4 heteroatoms. The van der Waals surface area contributed by atoms with Crippen molar-refractivity contribution in [2.75, 3.05) is 26.2 Å². The zero-order valence-corrected chi connectivity index (χ0v) is 21.0. The molecule has 1 N–H and O–H groups in total. The SMILES string of the molecule is CCN1Cc2ccccc2C(C2CCN(Cc3ccccc3)CC2)([C@H]2CCC[C@@H]2NC(C)=O)C1. The smallest absolute Gasteiger partial charge is 0.217 e. The van der Waals surface area contributed by atoms with E-state index in [9.17, 15) is 4.79 Å². The first kappa shape index (κ1) is 23.6. The summed E-state index contributed by atoms with van der Waals surface area (Å²) < 4.78 is 0. The number of rotatable bonds is 6. The number of likely N-dealkylation sites (tertiary alicyclic amines) is 1. The maximum atomic E-state index is 12.2. The molecule has 5 rings (SSSR count). The van der Waals surface area contributed by atoms with Crippen molar-refractivity contribution in [3.63, 3.8) is 0 Å². The molecule has 2 fully saturated rings. The number of carbonyl (C=O) groups is 1. The number of amides is 1. The highest BCUT2D eigenvalue weighted by Crippen LogP contribution is 2.53. The molecule has 34 heavy (non-hydrogen) atoms. The van der Waals surface area contributed by atoms with E-state index in [2.05, 4.69) is 76.6 Å². The van der Waals surface area contributed by atoms with Gasteiger partial charge in [0.05, 0.1) is 0 Å². The van der Waals surface area contributed by atoms with Crippen LogP contribution in [0.4, 0.5) is 0 Å². The fraction of sp³-hybridized carbons (Fsp3) is 0.567. The van der Waals surface area contributed by atoms with Crippen LogP contribution in [0.3, 0.4) is 0 Å². The molecule has 3 atom stereocenters. The van der Waals surface area contributed by atoms with Gasteiger partial charge >= 0.3 is 0 Å². The van der Waals surface area contributed by atoms with Crippen LogP contribution < -0.4 is 5.32 Å². The van der Waals surface area contributed by atoms with Crippen LogP contribution >= 0.6 is 0 Å². The number of nitrogens with one attached hydrogen (secondary N) is 1. The van der Waals surface area contributed by atoms with Crippen LogP contribution in [0.5, 0.6) is 0 Å². The van der Waals surface area contributed by atoms with Gasteiger partial charge in [-0.2, -0.15) is 0 Å². The highest BCUT2D eigenvalue weighted by atomic mass is 16.1. The summed E-state index contributed by atoms with van der Waals surface area (Å²) in [5.74, 6) is 1.29. The number of carbonyl (C=O) groups excluding carboxylic acids is 1. The molecule has 3 aliphatic rings. The maximum absolute atomic E-state index is 12.2. The number of likely N-dealkylation sites (N-methyl/N-ethyl adjacent to an activating group) is 1. The van der Waals surface area contributed by atoms with E-state index in [-0.39, 0.29) is 11.3 Å². The molecule has 4 nitrogen and oxygen atoms in total. The Morgan fingerprint density at radius 3 is 2.44 bits per heavy atom. The topological polar surface area (TPSA) is 35.6 Å². The molecule has 2 aromatic carbocycles. The molecular weight excluding hydrogens is 418 g/mol. The van der Waals surface area contributed by atoms with E-state index >= 15 is 0 Å². The molecule has 1 saturated heterocycles. The Kier molecular flexibility index (Phi) is 7.08. The van der Waals surface area contributed by atoms with Gasteiger partial charge in [0.1, 0.15) is 0 Å². The average molecular weight is 460 g/mol. The standard InChI is InChI=1S/C30H41N3O/c1-3-32-21-25-12-7-8-13-27(25)30(22-32,28-14-9-15-29(28)31-23(2)34)26-16-18-33(19-17-26)20-24-10-5-4-6-11-24/h4-8,10-13,26,28-29H,3,9,14-22H2,1-2H3,(H,31,34)/t28-,29-,30?/m0/s1. The van der Waals surface area contributed by atoms with Crippen molar-refractivity contribution in [1.82, 2.24) is 15.1 Å². The minimum absolute atomic E-state index is 0.118. The van der Waals surface area contributed by atoms with E-state index in [1.54, 1.807) is 12.5 Å². The zero-order valence-electron chi connectivity index (χ0n) is 21.0. The van der Waals surface area contributed by atoms with Crippen molar-refractivity contribution in [3.05, 3.63) is 71.3 Å². The molecule has 0 aromatic heterocycles. The predicted molar refractivity (Wildman–Crippen MR) is 138 cm³/mol. The van der Waals surface area contributed by atoms with Crippen LogP contribution in [-0.4, -0.2) is 47.9 Å². The minimum Gasteiger partial charge on any atom is -0.353 e. The Labute approximate surface area is 205 Å². The third-order valence-electron chi connectivity index (χ3n) is 8.98. The number of hydrogen-bond acceptors (Lipinski definition) is 3. The highest BCUT2D eigenvalue weighted by molar-refractivity contribution is 5.73. The molecule has 1 amide bonds. The summed E-state index contributed by atoms with van der Waals surface area (Å²) in [5.41, 5.74) is 4.63. The number of benzene rings is 2. The monoisotopic (exact) mass is 459 g/mol. The summed E-state index contributed by atoms with van der Waals surface area (Å²) in [5, 5.41) is 3.39. The highest BCUT2D eigenvalue weighted by Gasteiger charge is 2.54. The summed E-state index contributed by atoms with van der Waals surface area (Å²) >= 11 is 0. The predicted octanol–water partition coefficient (Wildman–Crippen LogP) is 4.98. The van der Waals surface area contributed by atoms with Gasteiger partial charge in [-0.3, -0.25) is 14.6 Å².